The number of esters is 1. The van der Waals surface area contributed by atoms with E-state index in [1.165, 1.54) is 24.3 Å². The van der Waals surface area contributed by atoms with Crippen LogP contribution in [0.2, 0.25) is 5.02 Å². The summed E-state index contributed by atoms with van der Waals surface area (Å²) < 4.78 is 79.1. The third-order valence-corrected chi connectivity index (χ3v) is 11.2. The predicted molar refractivity (Wildman–Crippen MR) is 189 cm³/mol. The fourth-order valence-electron chi connectivity index (χ4n) is 6.82. The quantitative estimate of drug-likeness (QED) is 0.133. The molecule has 2 aliphatic rings. The zero-order chi connectivity index (χ0) is 36.5. The Kier molecular flexibility index (Phi) is 10.8. The molecular formula is C36H39ClF3N5O5S. The van der Waals surface area contributed by atoms with Gasteiger partial charge in [-0.1, -0.05) is 31.5 Å². The number of aromatic nitrogens is 2. The van der Waals surface area contributed by atoms with Crippen molar-refractivity contribution < 1.29 is 36.2 Å². The molecule has 1 fully saturated rings. The van der Waals surface area contributed by atoms with Crippen molar-refractivity contribution in [2.75, 3.05) is 36.3 Å². The fourth-order valence-corrected chi connectivity index (χ4v) is 8.53. The minimum Gasteiger partial charge on any atom is -0.453 e. The summed E-state index contributed by atoms with van der Waals surface area (Å²) in [6, 6.07) is 10.7. The number of aliphatic hydroxyl groups is 1. The topological polar surface area (TPSA) is 134 Å². The number of piperidine rings is 1. The molecule has 3 N–H and O–H groups in total. The molecule has 3 aromatic carbocycles. The molecule has 272 valence electrons. The normalized spacial score (nSPS) is 17.0. The average molecular weight is 746 g/mol. The molecule has 15 heteroatoms. The Balaban J connectivity index is 1.26. The average Bonchev–Trinajstić information content (AvgIpc) is 3.50. The van der Waals surface area contributed by atoms with Gasteiger partial charge in [-0.05, 0) is 90.8 Å². The Hall–Kier alpha value is -3.98. The number of anilines is 2. The van der Waals surface area contributed by atoms with Gasteiger partial charge in [0.2, 0.25) is 5.95 Å². The van der Waals surface area contributed by atoms with Gasteiger partial charge in [0.25, 0.3) is 10.0 Å². The number of nitrogens with zero attached hydrogens (tertiary/aromatic N) is 3. The monoisotopic (exact) mass is 745 g/mol. The lowest BCUT2D eigenvalue weighted by Gasteiger charge is -2.31. The van der Waals surface area contributed by atoms with Gasteiger partial charge in [-0.25, -0.2) is 27.6 Å². The van der Waals surface area contributed by atoms with Crippen LogP contribution in [-0.4, -0.2) is 72.6 Å². The Bertz CT molecular complexity index is 2060. The van der Waals surface area contributed by atoms with Crippen LogP contribution in [0.1, 0.15) is 62.3 Å². The third-order valence-electron chi connectivity index (χ3n) is 9.56. The van der Waals surface area contributed by atoms with E-state index in [0.29, 0.717) is 40.1 Å². The zero-order valence-electron chi connectivity index (χ0n) is 28.2. The van der Waals surface area contributed by atoms with Crippen LogP contribution in [0.3, 0.4) is 0 Å². The van der Waals surface area contributed by atoms with Gasteiger partial charge in [0.15, 0.2) is 0 Å². The maximum Gasteiger partial charge on any atom is 0.377 e. The van der Waals surface area contributed by atoms with Crippen LogP contribution < -0.4 is 10.0 Å². The predicted octanol–water partition coefficient (Wildman–Crippen LogP) is 6.90. The molecule has 4 aromatic rings. The fraction of sp³-hybridized carbons (Fsp3) is 0.417. The number of sulfonamides is 1. The summed E-state index contributed by atoms with van der Waals surface area (Å²) in [5.41, 5.74) is 2.51. The van der Waals surface area contributed by atoms with Gasteiger partial charge in [-0.3, -0.25) is 4.72 Å². The summed E-state index contributed by atoms with van der Waals surface area (Å²) in [5, 5.41) is 13.3. The molecule has 1 saturated heterocycles. The second kappa shape index (κ2) is 14.9. The van der Waals surface area contributed by atoms with E-state index in [1.807, 2.05) is 0 Å². The van der Waals surface area contributed by atoms with Crippen molar-refractivity contribution in [2.24, 2.45) is 0 Å². The first-order valence-electron chi connectivity index (χ1n) is 17.0. The molecule has 0 bridgehead atoms. The lowest BCUT2D eigenvalue weighted by atomic mass is 9.95. The highest BCUT2D eigenvalue weighted by Crippen LogP contribution is 2.42. The van der Waals surface area contributed by atoms with Crippen molar-refractivity contribution in [3.05, 3.63) is 76.2 Å². The van der Waals surface area contributed by atoms with E-state index < -0.39 is 40.3 Å². The molecule has 6 rings (SSSR count). The van der Waals surface area contributed by atoms with Crippen molar-refractivity contribution in [3.63, 3.8) is 0 Å². The summed E-state index contributed by atoms with van der Waals surface area (Å²) in [5.74, 6) is -5.41. The van der Waals surface area contributed by atoms with E-state index in [0.717, 1.165) is 32.9 Å². The van der Waals surface area contributed by atoms with Crippen molar-refractivity contribution in [1.29, 1.82) is 0 Å². The molecule has 1 aliphatic carbocycles. The minimum absolute atomic E-state index is 0.0232. The van der Waals surface area contributed by atoms with Crippen LogP contribution in [0.5, 0.6) is 0 Å². The first kappa shape index (κ1) is 36.8. The number of fused-ring (bicyclic) bond motifs is 2. The minimum atomic E-state index is -4.33. The molecular weight excluding hydrogens is 707 g/mol. The number of ether oxygens (including phenoxy) is 1. The molecule has 10 nitrogen and oxygen atoms in total. The van der Waals surface area contributed by atoms with Gasteiger partial charge in [-0.2, -0.15) is 8.78 Å². The largest absolute Gasteiger partial charge is 0.453 e. The van der Waals surface area contributed by atoms with Crippen LogP contribution >= 0.6 is 11.6 Å². The summed E-state index contributed by atoms with van der Waals surface area (Å²) >= 11 is 6.31. The number of likely N-dealkylation sites (tertiary alicyclic amines) is 1. The lowest BCUT2D eigenvalue weighted by molar-refractivity contribution is -0.178. The second-order valence-electron chi connectivity index (χ2n) is 12.8. The number of β-amino-alcohol motifs (C(OH)–C–C–N with tert-alkyl or cyclic N) is 1. The summed E-state index contributed by atoms with van der Waals surface area (Å²) in [6.45, 7) is 5.49. The number of halogens is 4. The highest BCUT2D eigenvalue weighted by atomic mass is 35.5. The maximum atomic E-state index is 15.6. The molecule has 0 amide bonds. The van der Waals surface area contributed by atoms with Gasteiger partial charge in [0.05, 0.1) is 22.7 Å². The van der Waals surface area contributed by atoms with Gasteiger partial charge >= 0.3 is 11.9 Å². The standard InChI is InChI=1S/C36H39ClF3N5O5S/c1-3-25-30(44-51(48,49)32-19-23(37)18-27-26(32)6-10-31(27)50-34(47)36(39,40)4-2)9-7-28(38)33(25)21-5-8-29-22(17-21)20-41-35(43-29)42-24-11-13-45(14-12-24)15-16-46/h5,7-9,17-20,24,31,44,46H,3-4,6,10-16H2,1-2H3,(H,41,42,43)/t31-/m1/s1. The maximum absolute atomic E-state index is 15.6. The summed E-state index contributed by atoms with van der Waals surface area (Å²) in [7, 11) is -4.33. The number of hydrogen-bond acceptors (Lipinski definition) is 9. The number of alkyl halides is 2. The SMILES string of the molecule is CCc1c(NS(=O)(=O)c2cc(Cl)cc3c2CC[C@H]3OC(=O)C(F)(F)CC)ccc(F)c1-c1ccc2nc(NC3CCN(CCO)CC3)ncc2c1. The Morgan fingerprint density at radius 1 is 1.12 bits per heavy atom. The Morgan fingerprint density at radius 3 is 2.59 bits per heavy atom. The third kappa shape index (κ3) is 7.79. The van der Waals surface area contributed by atoms with Crippen LogP contribution in [0.4, 0.5) is 24.8 Å². The molecule has 51 heavy (non-hydrogen) atoms. The number of carbonyl (C=O) groups is 1. The van der Waals surface area contributed by atoms with Crippen molar-refractivity contribution in [3.8, 4) is 11.1 Å². The van der Waals surface area contributed by atoms with Crippen molar-refractivity contribution >= 4 is 50.1 Å². The highest BCUT2D eigenvalue weighted by molar-refractivity contribution is 7.92. The first-order valence-corrected chi connectivity index (χ1v) is 18.8. The van der Waals surface area contributed by atoms with E-state index in [9.17, 15) is 27.1 Å². The Morgan fingerprint density at radius 2 is 1.88 bits per heavy atom. The number of benzene rings is 3. The zero-order valence-corrected chi connectivity index (χ0v) is 29.8. The van der Waals surface area contributed by atoms with Gasteiger partial charge < -0.3 is 20.1 Å². The second-order valence-corrected chi connectivity index (χ2v) is 14.9. The lowest BCUT2D eigenvalue weighted by Crippen LogP contribution is -2.40. The Labute approximate surface area is 299 Å². The van der Waals surface area contributed by atoms with Crippen molar-refractivity contribution in [1.82, 2.24) is 14.9 Å². The number of carbonyl (C=O) groups excluding carboxylic acids is 1. The number of aliphatic hydroxyl groups excluding tert-OH is 1. The van der Waals surface area contributed by atoms with E-state index in [-0.39, 0.29) is 58.6 Å². The van der Waals surface area contributed by atoms with E-state index in [1.54, 1.807) is 31.3 Å². The van der Waals surface area contributed by atoms with Crippen molar-refractivity contribution in [2.45, 2.75) is 75.3 Å². The molecule has 0 unspecified atom stereocenters. The smallest absolute Gasteiger partial charge is 0.377 e. The molecule has 0 saturated carbocycles. The highest BCUT2D eigenvalue weighted by Gasteiger charge is 2.42. The number of rotatable bonds is 12. The molecule has 0 spiro atoms. The van der Waals surface area contributed by atoms with E-state index >= 15 is 4.39 Å². The first-order chi connectivity index (χ1) is 24.3. The number of hydrogen-bond donors (Lipinski definition) is 3. The van der Waals surface area contributed by atoms with Gasteiger partial charge in [0.1, 0.15) is 11.9 Å². The van der Waals surface area contributed by atoms with E-state index in [2.05, 4.69) is 24.9 Å². The van der Waals surface area contributed by atoms with Crippen LogP contribution in [-0.2, 0) is 32.4 Å². The van der Waals surface area contributed by atoms with Gasteiger partial charge in [-0.15, -0.1) is 0 Å². The van der Waals surface area contributed by atoms with Crippen LogP contribution in [0.15, 0.2) is 53.6 Å². The van der Waals surface area contributed by atoms with E-state index in [4.69, 9.17) is 16.3 Å². The summed E-state index contributed by atoms with van der Waals surface area (Å²) in [4.78, 5) is 23.3. The van der Waals surface area contributed by atoms with Crippen LogP contribution in [0.25, 0.3) is 22.0 Å². The molecule has 1 aliphatic heterocycles. The number of nitrogens with one attached hydrogen (secondary N) is 2. The molecule has 2 heterocycles. The van der Waals surface area contributed by atoms with Crippen LogP contribution in [0, 0.1) is 5.82 Å². The van der Waals surface area contributed by atoms with Gasteiger partial charge in [0, 0.05) is 54.3 Å². The molecule has 0 radical (unpaired) electrons. The molecule has 1 aromatic heterocycles. The molecule has 1 atom stereocenters. The summed E-state index contributed by atoms with van der Waals surface area (Å²) in [6.07, 6.45) is 2.18.